The summed E-state index contributed by atoms with van der Waals surface area (Å²) in [5, 5.41) is 0.733. The summed E-state index contributed by atoms with van der Waals surface area (Å²) in [5.41, 5.74) is 1.19. The highest BCUT2D eigenvalue weighted by atomic mass is 35.5. The average Bonchev–Trinajstić information content (AvgIpc) is 3.11. The van der Waals surface area contributed by atoms with Crippen molar-refractivity contribution in [1.29, 1.82) is 0 Å². The van der Waals surface area contributed by atoms with Crippen molar-refractivity contribution >= 4 is 17.6 Å². The Kier molecular flexibility index (Phi) is 3.49. The van der Waals surface area contributed by atoms with Crippen LogP contribution < -0.4 is 0 Å². The maximum Gasteiger partial charge on any atom is 0.306 e. The summed E-state index contributed by atoms with van der Waals surface area (Å²) in [6, 6.07) is 7.77. The summed E-state index contributed by atoms with van der Waals surface area (Å²) in [4.78, 5) is 11.3. The Hall–Kier alpha value is -1.02. The lowest BCUT2D eigenvalue weighted by Crippen LogP contribution is -2.10. The summed E-state index contributed by atoms with van der Waals surface area (Å²) >= 11 is 5.85. The van der Waals surface area contributed by atoms with E-state index in [0.717, 1.165) is 5.02 Å². The van der Waals surface area contributed by atoms with Crippen LogP contribution in [0.4, 0.5) is 0 Å². The summed E-state index contributed by atoms with van der Waals surface area (Å²) in [6.07, 6.45) is 2.90. The molecule has 2 nitrogen and oxygen atoms in total. The van der Waals surface area contributed by atoms with Crippen LogP contribution in [0.15, 0.2) is 24.3 Å². The van der Waals surface area contributed by atoms with Crippen LogP contribution in [-0.2, 0) is 9.53 Å². The minimum atomic E-state index is -0.133. The molecule has 1 aliphatic carbocycles. The molecule has 0 aliphatic heterocycles. The number of carbonyl (C=O) groups excluding carboxylic acids is 1. The molecule has 0 aromatic heterocycles. The quantitative estimate of drug-likeness (QED) is 0.752. The normalized spacial score (nSPS) is 16.9. The Labute approximate surface area is 101 Å². The molecule has 1 atom stereocenters. The minimum Gasteiger partial charge on any atom is -0.469 e. The lowest BCUT2D eigenvalue weighted by atomic mass is 9.91. The first kappa shape index (κ1) is 11.5. The molecule has 1 aromatic carbocycles. The molecule has 1 aliphatic rings. The Balaban J connectivity index is 2.12. The molecule has 1 fully saturated rings. The highest BCUT2D eigenvalue weighted by Gasteiger charge is 2.33. The van der Waals surface area contributed by atoms with Crippen LogP contribution in [-0.4, -0.2) is 13.1 Å². The first-order valence-corrected chi connectivity index (χ1v) is 5.91. The van der Waals surface area contributed by atoms with Gasteiger partial charge in [0.25, 0.3) is 0 Å². The van der Waals surface area contributed by atoms with Gasteiger partial charge in [0.15, 0.2) is 0 Å². The molecule has 0 spiro atoms. The zero-order valence-corrected chi connectivity index (χ0v) is 10.0. The van der Waals surface area contributed by atoms with Gasteiger partial charge >= 0.3 is 5.97 Å². The van der Waals surface area contributed by atoms with Crippen molar-refractivity contribution in [3.8, 4) is 0 Å². The first-order chi connectivity index (χ1) is 7.70. The zero-order chi connectivity index (χ0) is 11.5. The number of halogens is 1. The molecule has 0 radical (unpaired) electrons. The van der Waals surface area contributed by atoms with E-state index in [1.54, 1.807) is 0 Å². The summed E-state index contributed by atoms with van der Waals surface area (Å²) < 4.78 is 4.74. The fourth-order valence-corrected chi connectivity index (χ4v) is 2.15. The molecule has 0 N–H and O–H groups in total. The van der Waals surface area contributed by atoms with Gasteiger partial charge in [-0.1, -0.05) is 23.7 Å². The molecular formula is C13H15ClO2. The number of hydrogen-bond donors (Lipinski definition) is 0. The highest BCUT2D eigenvalue weighted by molar-refractivity contribution is 6.30. The van der Waals surface area contributed by atoms with Crippen LogP contribution in [0.3, 0.4) is 0 Å². The molecule has 0 amide bonds. The largest absolute Gasteiger partial charge is 0.469 e. The fraction of sp³-hybridized carbons (Fsp3) is 0.462. The molecule has 0 heterocycles. The molecule has 1 saturated carbocycles. The number of esters is 1. The molecule has 86 valence electrons. The van der Waals surface area contributed by atoms with Crippen LogP contribution in [0, 0.1) is 5.92 Å². The number of methoxy groups -OCH3 is 1. The molecule has 0 unspecified atom stereocenters. The second kappa shape index (κ2) is 4.88. The monoisotopic (exact) mass is 238 g/mol. The SMILES string of the molecule is COC(=O)C[C@@H](c1ccc(Cl)cc1)C1CC1. The van der Waals surface area contributed by atoms with Crippen molar-refractivity contribution in [2.24, 2.45) is 5.92 Å². The predicted octanol–water partition coefficient (Wildman–Crippen LogP) is 3.40. The van der Waals surface area contributed by atoms with E-state index in [0.29, 0.717) is 18.3 Å². The van der Waals surface area contributed by atoms with Gasteiger partial charge in [-0.3, -0.25) is 4.79 Å². The van der Waals surface area contributed by atoms with Gasteiger partial charge in [0.2, 0.25) is 0 Å². The number of carbonyl (C=O) groups is 1. The van der Waals surface area contributed by atoms with Gasteiger partial charge in [0.1, 0.15) is 0 Å². The van der Waals surface area contributed by atoms with E-state index >= 15 is 0 Å². The smallest absolute Gasteiger partial charge is 0.306 e. The maximum atomic E-state index is 11.3. The number of rotatable bonds is 4. The van der Waals surface area contributed by atoms with Crippen LogP contribution in [0.5, 0.6) is 0 Å². The van der Waals surface area contributed by atoms with Gasteiger partial charge in [0, 0.05) is 5.02 Å². The third kappa shape index (κ3) is 2.76. The number of benzene rings is 1. The standard InChI is InChI=1S/C13H15ClO2/c1-16-13(15)8-12(9-2-3-9)10-4-6-11(14)7-5-10/h4-7,9,12H,2-3,8H2,1H3/t12-/m1/s1. The van der Waals surface area contributed by atoms with Gasteiger partial charge in [-0.2, -0.15) is 0 Å². The van der Waals surface area contributed by atoms with Crippen LogP contribution >= 0.6 is 11.6 Å². The molecule has 16 heavy (non-hydrogen) atoms. The van der Waals surface area contributed by atoms with Crippen molar-refractivity contribution in [2.45, 2.75) is 25.2 Å². The highest BCUT2D eigenvalue weighted by Crippen LogP contribution is 2.44. The third-order valence-corrected chi connectivity index (χ3v) is 3.36. The molecule has 2 rings (SSSR count). The summed E-state index contributed by atoms with van der Waals surface area (Å²) in [5.74, 6) is 0.803. The predicted molar refractivity (Wildman–Crippen MR) is 63.6 cm³/mol. The van der Waals surface area contributed by atoms with Crippen molar-refractivity contribution in [1.82, 2.24) is 0 Å². The van der Waals surface area contributed by atoms with Gasteiger partial charge in [-0.25, -0.2) is 0 Å². The molecule has 0 saturated heterocycles. The topological polar surface area (TPSA) is 26.3 Å². The van der Waals surface area contributed by atoms with Crippen molar-refractivity contribution in [2.75, 3.05) is 7.11 Å². The van der Waals surface area contributed by atoms with E-state index in [1.165, 1.54) is 25.5 Å². The zero-order valence-electron chi connectivity index (χ0n) is 9.28. The van der Waals surface area contributed by atoms with E-state index in [-0.39, 0.29) is 5.97 Å². The lowest BCUT2D eigenvalue weighted by Gasteiger charge is -2.15. The fourth-order valence-electron chi connectivity index (χ4n) is 2.03. The second-order valence-electron chi connectivity index (χ2n) is 4.28. The Morgan fingerprint density at radius 2 is 2.06 bits per heavy atom. The Bertz CT molecular complexity index is 368. The first-order valence-electron chi connectivity index (χ1n) is 5.53. The van der Waals surface area contributed by atoms with Gasteiger partial charge in [0.05, 0.1) is 13.5 Å². The lowest BCUT2D eigenvalue weighted by molar-refractivity contribution is -0.141. The molecule has 0 bridgehead atoms. The van der Waals surface area contributed by atoms with E-state index in [1.807, 2.05) is 24.3 Å². The number of ether oxygens (including phenoxy) is 1. The number of hydrogen-bond acceptors (Lipinski definition) is 2. The maximum absolute atomic E-state index is 11.3. The minimum absolute atomic E-state index is 0.133. The van der Waals surface area contributed by atoms with Crippen LogP contribution in [0.25, 0.3) is 0 Å². The molecular weight excluding hydrogens is 224 g/mol. The van der Waals surface area contributed by atoms with Crippen molar-refractivity contribution in [3.63, 3.8) is 0 Å². The molecule has 1 aromatic rings. The Morgan fingerprint density at radius 3 is 2.56 bits per heavy atom. The van der Waals surface area contributed by atoms with E-state index in [9.17, 15) is 4.79 Å². The van der Waals surface area contributed by atoms with Gasteiger partial charge in [-0.15, -0.1) is 0 Å². The van der Waals surface area contributed by atoms with Gasteiger partial charge < -0.3 is 4.74 Å². The summed E-state index contributed by atoms with van der Waals surface area (Å²) in [6.45, 7) is 0. The van der Waals surface area contributed by atoms with Crippen LogP contribution in [0.1, 0.15) is 30.7 Å². The van der Waals surface area contributed by atoms with Crippen molar-refractivity contribution in [3.05, 3.63) is 34.9 Å². The Morgan fingerprint density at radius 1 is 1.44 bits per heavy atom. The second-order valence-corrected chi connectivity index (χ2v) is 4.71. The van der Waals surface area contributed by atoms with Crippen LogP contribution in [0.2, 0.25) is 5.02 Å². The average molecular weight is 239 g/mol. The van der Waals surface area contributed by atoms with E-state index < -0.39 is 0 Å². The van der Waals surface area contributed by atoms with Gasteiger partial charge in [-0.05, 0) is 42.4 Å². The molecule has 3 heteroatoms. The third-order valence-electron chi connectivity index (χ3n) is 3.10. The van der Waals surface area contributed by atoms with Crippen molar-refractivity contribution < 1.29 is 9.53 Å². The summed E-state index contributed by atoms with van der Waals surface area (Å²) in [7, 11) is 1.44. The van der Waals surface area contributed by atoms with E-state index in [4.69, 9.17) is 16.3 Å². The van der Waals surface area contributed by atoms with E-state index in [2.05, 4.69) is 0 Å².